The maximum Gasteiger partial charge on any atom is 0.573 e. The van der Waals surface area contributed by atoms with Gasteiger partial charge in [0.05, 0.1) is 7.11 Å². The molecular weight excluding hydrogens is 360 g/mol. The molecular formula is C21H16F4O2. The molecule has 0 unspecified atom stereocenters. The Kier molecular flexibility index (Phi) is 5.08. The second-order valence-corrected chi connectivity index (χ2v) is 5.95. The Morgan fingerprint density at radius 2 is 1.37 bits per heavy atom. The van der Waals surface area contributed by atoms with E-state index >= 15 is 0 Å². The molecule has 0 heterocycles. The molecule has 140 valence electrons. The highest BCUT2D eigenvalue weighted by molar-refractivity contribution is 5.72. The lowest BCUT2D eigenvalue weighted by Gasteiger charge is -2.11. The molecule has 0 aromatic heterocycles. The van der Waals surface area contributed by atoms with Crippen LogP contribution < -0.4 is 9.47 Å². The first kappa shape index (κ1) is 18.8. The summed E-state index contributed by atoms with van der Waals surface area (Å²) < 4.78 is 60.3. The van der Waals surface area contributed by atoms with E-state index in [2.05, 4.69) is 4.74 Å². The van der Waals surface area contributed by atoms with Crippen LogP contribution in [-0.4, -0.2) is 13.5 Å². The van der Waals surface area contributed by atoms with E-state index in [1.54, 1.807) is 19.2 Å². The van der Waals surface area contributed by atoms with Gasteiger partial charge in [-0.2, -0.15) is 0 Å². The normalized spacial score (nSPS) is 11.3. The summed E-state index contributed by atoms with van der Waals surface area (Å²) >= 11 is 0. The zero-order valence-corrected chi connectivity index (χ0v) is 14.6. The van der Waals surface area contributed by atoms with Crippen LogP contribution in [0.4, 0.5) is 17.6 Å². The maximum absolute atomic E-state index is 14.6. The van der Waals surface area contributed by atoms with Crippen molar-refractivity contribution in [2.45, 2.75) is 13.3 Å². The van der Waals surface area contributed by atoms with E-state index in [9.17, 15) is 17.6 Å². The molecule has 0 radical (unpaired) electrons. The highest BCUT2D eigenvalue weighted by Crippen LogP contribution is 2.32. The lowest BCUT2D eigenvalue weighted by Crippen LogP contribution is -2.16. The van der Waals surface area contributed by atoms with Crippen molar-refractivity contribution >= 4 is 0 Å². The summed E-state index contributed by atoms with van der Waals surface area (Å²) in [5.74, 6) is -0.0699. The molecule has 0 N–H and O–H groups in total. The van der Waals surface area contributed by atoms with Gasteiger partial charge < -0.3 is 9.47 Å². The molecule has 0 aliphatic rings. The molecule has 0 spiro atoms. The van der Waals surface area contributed by atoms with Crippen molar-refractivity contribution in [1.82, 2.24) is 0 Å². The minimum Gasteiger partial charge on any atom is -0.496 e. The number of alkyl halides is 3. The number of halogens is 4. The van der Waals surface area contributed by atoms with E-state index in [4.69, 9.17) is 4.74 Å². The van der Waals surface area contributed by atoms with Crippen molar-refractivity contribution in [3.8, 4) is 33.8 Å². The highest BCUT2D eigenvalue weighted by Gasteiger charge is 2.31. The van der Waals surface area contributed by atoms with E-state index < -0.39 is 12.2 Å². The van der Waals surface area contributed by atoms with Gasteiger partial charge in [0.25, 0.3) is 0 Å². The van der Waals surface area contributed by atoms with Gasteiger partial charge >= 0.3 is 6.36 Å². The van der Waals surface area contributed by atoms with Crippen molar-refractivity contribution < 1.29 is 27.0 Å². The molecule has 0 fully saturated rings. The minimum absolute atomic E-state index is 0.294. The summed E-state index contributed by atoms with van der Waals surface area (Å²) in [6.45, 7) is 1.90. The van der Waals surface area contributed by atoms with Crippen molar-refractivity contribution in [2.24, 2.45) is 0 Å². The lowest BCUT2D eigenvalue weighted by molar-refractivity contribution is -0.274. The average Bonchev–Trinajstić information content (AvgIpc) is 2.61. The number of hydrogen-bond donors (Lipinski definition) is 0. The SMILES string of the molecule is COc1ccc(-c2ccc(-c3ccc(OC(F)(F)F)cc3)c(F)c2)cc1C. The molecule has 0 aliphatic carbocycles. The van der Waals surface area contributed by atoms with Gasteiger partial charge in [-0.3, -0.25) is 0 Å². The van der Waals surface area contributed by atoms with Gasteiger partial charge in [-0.15, -0.1) is 13.2 Å². The quantitative estimate of drug-likeness (QED) is 0.492. The second-order valence-electron chi connectivity index (χ2n) is 5.95. The van der Waals surface area contributed by atoms with E-state index in [1.165, 1.54) is 18.2 Å². The first-order chi connectivity index (χ1) is 12.8. The molecule has 3 aromatic rings. The molecule has 0 aliphatic heterocycles. The Bertz CT molecular complexity index is 947. The van der Waals surface area contributed by atoms with Crippen LogP contribution in [0.15, 0.2) is 60.7 Å². The Morgan fingerprint density at radius 3 is 1.93 bits per heavy atom. The van der Waals surface area contributed by atoms with Gasteiger partial charge in [0.2, 0.25) is 0 Å². The van der Waals surface area contributed by atoms with Crippen molar-refractivity contribution in [3.63, 3.8) is 0 Å². The monoisotopic (exact) mass is 376 g/mol. The molecule has 0 atom stereocenters. The van der Waals surface area contributed by atoms with E-state index in [0.717, 1.165) is 29.0 Å². The molecule has 0 bridgehead atoms. The fourth-order valence-corrected chi connectivity index (χ4v) is 2.82. The number of benzene rings is 3. The Morgan fingerprint density at radius 1 is 0.778 bits per heavy atom. The Labute approximate surface area is 154 Å². The fourth-order valence-electron chi connectivity index (χ4n) is 2.82. The maximum atomic E-state index is 14.6. The van der Waals surface area contributed by atoms with Crippen LogP contribution in [0.5, 0.6) is 11.5 Å². The smallest absolute Gasteiger partial charge is 0.496 e. The first-order valence-electron chi connectivity index (χ1n) is 8.07. The summed E-state index contributed by atoms with van der Waals surface area (Å²) in [5.41, 5.74) is 3.22. The summed E-state index contributed by atoms with van der Waals surface area (Å²) in [7, 11) is 1.58. The van der Waals surface area contributed by atoms with Gasteiger partial charge in [-0.1, -0.05) is 30.3 Å². The predicted octanol–water partition coefficient (Wildman–Crippen LogP) is 6.38. The van der Waals surface area contributed by atoms with Crippen LogP contribution in [0.3, 0.4) is 0 Å². The zero-order chi connectivity index (χ0) is 19.6. The fraction of sp³-hybridized carbons (Fsp3) is 0.143. The molecule has 3 aromatic carbocycles. The van der Waals surface area contributed by atoms with Crippen LogP contribution in [0.1, 0.15) is 5.56 Å². The third-order valence-corrected chi connectivity index (χ3v) is 4.10. The van der Waals surface area contributed by atoms with Crippen molar-refractivity contribution in [1.29, 1.82) is 0 Å². The number of hydrogen-bond acceptors (Lipinski definition) is 2. The van der Waals surface area contributed by atoms with Crippen molar-refractivity contribution in [2.75, 3.05) is 7.11 Å². The van der Waals surface area contributed by atoms with Crippen LogP contribution in [0, 0.1) is 12.7 Å². The summed E-state index contributed by atoms with van der Waals surface area (Å²) in [4.78, 5) is 0. The van der Waals surface area contributed by atoms with Gasteiger partial charge in [0, 0.05) is 5.56 Å². The average molecular weight is 376 g/mol. The van der Waals surface area contributed by atoms with Gasteiger partial charge in [-0.25, -0.2) is 4.39 Å². The molecule has 3 rings (SSSR count). The lowest BCUT2D eigenvalue weighted by atomic mass is 9.98. The minimum atomic E-state index is -4.76. The zero-order valence-electron chi connectivity index (χ0n) is 14.6. The largest absolute Gasteiger partial charge is 0.573 e. The van der Waals surface area contributed by atoms with Gasteiger partial charge in [-0.05, 0) is 59.5 Å². The summed E-state index contributed by atoms with van der Waals surface area (Å²) in [5, 5.41) is 0. The van der Waals surface area contributed by atoms with Crippen LogP contribution in [0.2, 0.25) is 0 Å². The van der Waals surface area contributed by atoms with E-state index in [0.29, 0.717) is 16.7 Å². The standard InChI is InChI=1S/C21H16F4O2/c1-13-11-15(6-10-20(13)26-2)16-5-9-18(19(22)12-16)14-3-7-17(8-4-14)27-21(23,24)25/h3-12H,1-2H3. The van der Waals surface area contributed by atoms with Crippen LogP contribution >= 0.6 is 0 Å². The van der Waals surface area contributed by atoms with E-state index in [1.807, 2.05) is 25.1 Å². The molecule has 27 heavy (non-hydrogen) atoms. The second kappa shape index (κ2) is 7.31. The van der Waals surface area contributed by atoms with E-state index in [-0.39, 0.29) is 5.75 Å². The molecule has 6 heteroatoms. The third kappa shape index (κ3) is 4.39. The number of methoxy groups -OCH3 is 1. The molecule has 0 amide bonds. The number of ether oxygens (including phenoxy) is 2. The third-order valence-electron chi connectivity index (χ3n) is 4.10. The summed E-state index contributed by atoms with van der Waals surface area (Å²) in [6.07, 6.45) is -4.76. The van der Waals surface area contributed by atoms with Crippen molar-refractivity contribution in [3.05, 3.63) is 72.0 Å². The van der Waals surface area contributed by atoms with Crippen LogP contribution in [0.25, 0.3) is 22.3 Å². The topological polar surface area (TPSA) is 18.5 Å². The van der Waals surface area contributed by atoms with Gasteiger partial charge in [0.1, 0.15) is 17.3 Å². The number of rotatable bonds is 4. The van der Waals surface area contributed by atoms with Crippen LogP contribution in [-0.2, 0) is 0 Å². The predicted molar refractivity (Wildman–Crippen MR) is 95.2 cm³/mol. The Hall–Kier alpha value is -3.02. The Balaban J connectivity index is 1.88. The van der Waals surface area contributed by atoms with Gasteiger partial charge in [0.15, 0.2) is 0 Å². The molecule has 0 saturated heterocycles. The molecule has 0 saturated carbocycles. The first-order valence-corrected chi connectivity index (χ1v) is 8.07. The number of aryl methyl sites for hydroxylation is 1. The highest BCUT2D eigenvalue weighted by atomic mass is 19.4. The molecule has 2 nitrogen and oxygen atoms in total. The summed E-state index contributed by atoms with van der Waals surface area (Å²) in [6, 6.07) is 15.4.